The zero-order chi connectivity index (χ0) is 13.8. The lowest BCUT2D eigenvalue weighted by Gasteiger charge is -2.11. The van der Waals surface area contributed by atoms with Crippen LogP contribution in [0.3, 0.4) is 0 Å². The zero-order valence-electron chi connectivity index (χ0n) is 10.9. The number of carbonyl (C=O) groups excluding carboxylic acids is 1. The minimum Gasteiger partial charge on any atom is -0.389 e. The van der Waals surface area contributed by atoms with E-state index in [9.17, 15) is 4.79 Å². The van der Waals surface area contributed by atoms with E-state index in [1.165, 1.54) is 6.20 Å². The Bertz CT molecular complexity index is 474. The average Bonchev–Trinajstić information content (AvgIpc) is 2.82. The second kappa shape index (κ2) is 6.08. The molecule has 2 rings (SSSR count). The Balaban J connectivity index is 1.87. The van der Waals surface area contributed by atoms with E-state index < -0.39 is 0 Å². The lowest BCUT2D eigenvalue weighted by atomic mass is 10.1. The molecule has 1 saturated heterocycles. The molecular formula is C13H18N4OS. The van der Waals surface area contributed by atoms with Crippen LogP contribution in [0.15, 0.2) is 18.3 Å². The van der Waals surface area contributed by atoms with Gasteiger partial charge in [0.15, 0.2) is 0 Å². The first-order valence-electron chi connectivity index (χ1n) is 6.29. The Morgan fingerprint density at radius 2 is 2.42 bits per heavy atom. The normalized spacial score (nSPS) is 19.3. The number of nitrogens with zero attached hydrogens (tertiary/aromatic N) is 2. The molecule has 1 aromatic rings. The molecular weight excluding hydrogens is 260 g/mol. The monoisotopic (exact) mass is 278 g/mol. The van der Waals surface area contributed by atoms with E-state index >= 15 is 0 Å². The molecule has 5 nitrogen and oxygen atoms in total. The van der Waals surface area contributed by atoms with Gasteiger partial charge in [-0.15, -0.1) is 0 Å². The Morgan fingerprint density at radius 1 is 1.63 bits per heavy atom. The van der Waals surface area contributed by atoms with Crippen LogP contribution < -0.4 is 11.1 Å². The minimum atomic E-state index is -0.149. The van der Waals surface area contributed by atoms with Crippen molar-refractivity contribution in [3.8, 4) is 0 Å². The van der Waals surface area contributed by atoms with Crippen molar-refractivity contribution in [3.05, 3.63) is 29.6 Å². The molecule has 0 spiro atoms. The van der Waals surface area contributed by atoms with Gasteiger partial charge < -0.3 is 16.0 Å². The van der Waals surface area contributed by atoms with Gasteiger partial charge in [0.2, 0.25) is 0 Å². The summed E-state index contributed by atoms with van der Waals surface area (Å²) >= 11 is 4.84. The maximum Gasteiger partial charge on any atom is 0.269 e. The van der Waals surface area contributed by atoms with Crippen molar-refractivity contribution >= 4 is 23.1 Å². The number of nitrogens with one attached hydrogen (secondary N) is 1. The van der Waals surface area contributed by atoms with Crippen LogP contribution in [0.25, 0.3) is 0 Å². The van der Waals surface area contributed by atoms with E-state index in [0.29, 0.717) is 23.7 Å². The van der Waals surface area contributed by atoms with Gasteiger partial charge in [0.1, 0.15) is 10.7 Å². The van der Waals surface area contributed by atoms with Crippen molar-refractivity contribution in [3.63, 3.8) is 0 Å². The molecule has 3 N–H and O–H groups in total. The Labute approximate surface area is 118 Å². The summed E-state index contributed by atoms with van der Waals surface area (Å²) in [6, 6.07) is 3.36. The van der Waals surface area contributed by atoms with Gasteiger partial charge in [0, 0.05) is 24.8 Å². The average molecular weight is 278 g/mol. The number of carbonyl (C=O) groups is 1. The Morgan fingerprint density at radius 3 is 2.95 bits per heavy atom. The molecule has 1 aliphatic heterocycles. The molecule has 2 heterocycles. The van der Waals surface area contributed by atoms with Gasteiger partial charge in [-0.1, -0.05) is 12.2 Å². The fourth-order valence-corrected chi connectivity index (χ4v) is 2.32. The number of likely N-dealkylation sites (tertiary alicyclic amines) is 1. The molecule has 19 heavy (non-hydrogen) atoms. The highest BCUT2D eigenvalue weighted by atomic mass is 32.1. The predicted octanol–water partition coefficient (Wildman–Crippen LogP) is 0.397. The van der Waals surface area contributed by atoms with Crippen molar-refractivity contribution in [2.75, 3.05) is 26.7 Å². The van der Waals surface area contributed by atoms with Crippen molar-refractivity contribution in [1.82, 2.24) is 15.2 Å². The first-order valence-corrected chi connectivity index (χ1v) is 6.69. The highest BCUT2D eigenvalue weighted by molar-refractivity contribution is 7.80. The molecule has 102 valence electrons. The highest BCUT2D eigenvalue weighted by Crippen LogP contribution is 2.13. The lowest BCUT2D eigenvalue weighted by molar-refractivity contribution is 0.0942. The maximum atomic E-state index is 11.9. The summed E-state index contributed by atoms with van der Waals surface area (Å²) < 4.78 is 0. The fourth-order valence-electron chi connectivity index (χ4n) is 2.19. The van der Waals surface area contributed by atoms with Crippen LogP contribution in [0.5, 0.6) is 0 Å². The summed E-state index contributed by atoms with van der Waals surface area (Å²) in [6.07, 6.45) is 2.66. The summed E-state index contributed by atoms with van der Waals surface area (Å²) in [5.74, 6) is 0.383. The van der Waals surface area contributed by atoms with E-state index in [4.69, 9.17) is 18.0 Å². The summed E-state index contributed by atoms with van der Waals surface area (Å²) in [4.78, 5) is 18.5. The molecule has 0 saturated carbocycles. The number of pyridine rings is 1. The highest BCUT2D eigenvalue weighted by Gasteiger charge is 2.20. The molecule has 0 bridgehead atoms. The van der Waals surface area contributed by atoms with Crippen molar-refractivity contribution < 1.29 is 4.79 Å². The Kier molecular flexibility index (Phi) is 4.44. The quantitative estimate of drug-likeness (QED) is 0.780. The van der Waals surface area contributed by atoms with Gasteiger partial charge in [-0.2, -0.15) is 0 Å². The first kappa shape index (κ1) is 13.9. The number of aromatic nitrogens is 1. The van der Waals surface area contributed by atoms with Gasteiger partial charge in [0.05, 0.1) is 0 Å². The molecule has 1 aromatic heterocycles. The standard InChI is InChI=1S/C13H18N4OS/c1-17-5-4-9(8-17)6-16-13(18)11-3-2-10(7-15-11)12(14)19/h2-3,7,9H,4-6,8H2,1H3,(H2,14,19)(H,16,18). The summed E-state index contributed by atoms with van der Waals surface area (Å²) in [6.45, 7) is 2.83. The molecule has 1 aliphatic rings. The van der Waals surface area contributed by atoms with Gasteiger partial charge in [-0.05, 0) is 38.1 Å². The molecule has 1 atom stereocenters. The third-order valence-corrected chi connectivity index (χ3v) is 3.56. The van der Waals surface area contributed by atoms with Crippen LogP contribution in [-0.4, -0.2) is 47.5 Å². The molecule has 1 fully saturated rings. The molecule has 0 aromatic carbocycles. The van der Waals surface area contributed by atoms with Crippen LogP contribution >= 0.6 is 12.2 Å². The van der Waals surface area contributed by atoms with Crippen LogP contribution in [0, 0.1) is 5.92 Å². The molecule has 0 radical (unpaired) electrons. The van der Waals surface area contributed by atoms with Crippen molar-refractivity contribution in [2.24, 2.45) is 11.7 Å². The molecule has 0 aliphatic carbocycles. The van der Waals surface area contributed by atoms with Gasteiger partial charge in [0.25, 0.3) is 5.91 Å². The third kappa shape index (κ3) is 3.71. The molecule has 1 unspecified atom stereocenters. The van der Waals surface area contributed by atoms with E-state index in [0.717, 1.165) is 19.5 Å². The number of hydrogen-bond acceptors (Lipinski definition) is 4. The number of nitrogens with two attached hydrogens (primary N) is 1. The van der Waals surface area contributed by atoms with E-state index in [1.54, 1.807) is 12.1 Å². The van der Waals surface area contributed by atoms with Crippen LogP contribution in [0.4, 0.5) is 0 Å². The second-order valence-corrected chi connectivity index (χ2v) is 5.36. The minimum absolute atomic E-state index is 0.149. The first-order chi connectivity index (χ1) is 9.06. The summed E-state index contributed by atoms with van der Waals surface area (Å²) in [7, 11) is 2.10. The number of rotatable bonds is 4. The smallest absolute Gasteiger partial charge is 0.269 e. The van der Waals surface area contributed by atoms with E-state index in [-0.39, 0.29) is 10.9 Å². The summed E-state index contributed by atoms with van der Waals surface area (Å²) in [5.41, 5.74) is 6.55. The zero-order valence-corrected chi connectivity index (χ0v) is 11.7. The lowest BCUT2D eigenvalue weighted by Crippen LogP contribution is -2.31. The van der Waals surface area contributed by atoms with Gasteiger partial charge >= 0.3 is 0 Å². The van der Waals surface area contributed by atoms with Crippen LogP contribution in [-0.2, 0) is 0 Å². The number of amides is 1. The van der Waals surface area contributed by atoms with E-state index in [1.807, 2.05) is 0 Å². The van der Waals surface area contributed by atoms with Crippen LogP contribution in [0.1, 0.15) is 22.5 Å². The molecule has 6 heteroatoms. The Hall–Kier alpha value is -1.53. The number of hydrogen-bond donors (Lipinski definition) is 2. The maximum absolute atomic E-state index is 11.9. The van der Waals surface area contributed by atoms with E-state index in [2.05, 4.69) is 22.2 Å². The predicted molar refractivity (Wildman–Crippen MR) is 78.1 cm³/mol. The fraction of sp³-hybridized carbons (Fsp3) is 0.462. The van der Waals surface area contributed by atoms with Crippen molar-refractivity contribution in [2.45, 2.75) is 6.42 Å². The summed E-state index contributed by atoms with van der Waals surface area (Å²) in [5, 5.41) is 2.92. The largest absolute Gasteiger partial charge is 0.389 e. The molecule has 1 amide bonds. The van der Waals surface area contributed by atoms with Gasteiger partial charge in [-0.3, -0.25) is 9.78 Å². The second-order valence-electron chi connectivity index (χ2n) is 4.92. The number of thiocarbonyl (C=S) groups is 1. The van der Waals surface area contributed by atoms with Gasteiger partial charge in [-0.25, -0.2) is 0 Å². The van der Waals surface area contributed by atoms with Crippen molar-refractivity contribution in [1.29, 1.82) is 0 Å². The third-order valence-electron chi connectivity index (χ3n) is 3.32. The topological polar surface area (TPSA) is 71.2 Å². The SMILES string of the molecule is CN1CCC(CNC(=O)c2ccc(C(N)=S)cn2)C1. The van der Waals surface area contributed by atoms with Crippen LogP contribution in [0.2, 0.25) is 0 Å².